The number of ether oxygens (including phenoxy) is 1. The Bertz CT molecular complexity index is 1070. The smallest absolute Gasteiger partial charge is 0.263 e. The summed E-state index contributed by atoms with van der Waals surface area (Å²) in [6.07, 6.45) is 4.37. The lowest BCUT2D eigenvalue weighted by molar-refractivity contribution is -0.140. The summed E-state index contributed by atoms with van der Waals surface area (Å²) in [5, 5.41) is 0. The van der Waals surface area contributed by atoms with E-state index in [9.17, 15) is 13.2 Å². The van der Waals surface area contributed by atoms with Gasteiger partial charge in [0.1, 0.15) is 5.75 Å². The van der Waals surface area contributed by atoms with Crippen LogP contribution in [0.2, 0.25) is 0 Å². The van der Waals surface area contributed by atoms with E-state index in [4.69, 9.17) is 4.74 Å². The van der Waals surface area contributed by atoms with Crippen LogP contribution in [0.5, 0.6) is 5.75 Å². The predicted octanol–water partition coefficient (Wildman–Crippen LogP) is 2.72. The Morgan fingerprint density at radius 3 is 2.61 bits per heavy atom. The predicted molar refractivity (Wildman–Crippen MR) is 128 cm³/mol. The van der Waals surface area contributed by atoms with Gasteiger partial charge in [0.25, 0.3) is 5.91 Å². The van der Waals surface area contributed by atoms with E-state index in [1.54, 1.807) is 0 Å². The van der Waals surface area contributed by atoms with Crippen LogP contribution in [0.15, 0.2) is 48.5 Å². The summed E-state index contributed by atoms with van der Waals surface area (Å²) in [5.74, 6) is 0.698. The molecule has 0 aromatic heterocycles. The molecule has 2 aliphatic heterocycles. The van der Waals surface area contributed by atoms with E-state index >= 15 is 0 Å². The van der Waals surface area contributed by atoms with E-state index in [2.05, 4.69) is 21.8 Å². The molecule has 0 spiro atoms. The second-order valence-electron chi connectivity index (χ2n) is 9.06. The Balaban J connectivity index is 1.45. The first-order chi connectivity index (χ1) is 15.8. The summed E-state index contributed by atoms with van der Waals surface area (Å²) in [6, 6.07) is 15.8. The van der Waals surface area contributed by atoms with Crippen molar-refractivity contribution in [2.45, 2.75) is 44.4 Å². The first-order valence-electron chi connectivity index (χ1n) is 11.6. The van der Waals surface area contributed by atoms with Crippen LogP contribution in [-0.4, -0.2) is 63.2 Å². The van der Waals surface area contributed by atoms with E-state index in [1.165, 1.54) is 12.8 Å². The first-order valence-corrected chi connectivity index (χ1v) is 13.5. The number of carbonyl (C=O) groups excluding carboxylic acids is 1. The normalized spacial score (nSPS) is 19.5. The van der Waals surface area contributed by atoms with Gasteiger partial charge < -0.3 is 14.5 Å². The Morgan fingerprint density at radius 2 is 1.91 bits per heavy atom. The largest absolute Gasteiger partial charge is 0.480 e. The zero-order chi connectivity index (χ0) is 23.4. The van der Waals surface area contributed by atoms with E-state index in [0.717, 1.165) is 42.6 Å². The number of nitrogens with zero attached hydrogens (tertiary/aromatic N) is 2. The zero-order valence-corrected chi connectivity index (χ0v) is 20.2. The summed E-state index contributed by atoms with van der Waals surface area (Å²) in [7, 11) is -1.36. The number of likely N-dealkylation sites (tertiary alicyclic amines) is 1. The molecule has 2 aromatic carbocycles. The van der Waals surface area contributed by atoms with Crippen molar-refractivity contribution in [2.24, 2.45) is 0 Å². The third-order valence-electron chi connectivity index (χ3n) is 6.51. The van der Waals surface area contributed by atoms with Crippen molar-refractivity contribution in [1.29, 1.82) is 0 Å². The van der Waals surface area contributed by atoms with E-state index < -0.39 is 16.1 Å². The van der Waals surface area contributed by atoms with Crippen LogP contribution in [0, 0.1) is 0 Å². The van der Waals surface area contributed by atoms with Gasteiger partial charge in [0.05, 0.1) is 12.3 Å². The highest BCUT2D eigenvalue weighted by Gasteiger charge is 2.33. The van der Waals surface area contributed by atoms with Gasteiger partial charge in [-0.2, -0.15) is 0 Å². The van der Waals surface area contributed by atoms with Gasteiger partial charge in [-0.3, -0.25) is 4.79 Å². The summed E-state index contributed by atoms with van der Waals surface area (Å²) in [5.41, 5.74) is 3.02. The molecular weight excluding hydrogens is 438 g/mol. The maximum Gasteiger partial charge on any atom is 0.263 e. The number of hydrogen-bond acceptors (Lipinski definition) is 5. The van der Waals surface area contributed by atoms with Crippen molar-refractivity contribution in [1.82, 2.24) is 14.5 Å². The summed E-state index contributed by atoms with van der Waals surface area (Å²) < 4.78 is 31.4. The molecule has 0 aliphatic carbocycles. The molecular formula is C25H33N3O4S. The molecule has 7 nitrogen and oxygen atoms in total. The first kappa shape index (κ1) is 23.7. The Labute approximate surface area is 196 Å². The van der Waals surface area contributed by atoms with E-state index in [-0.39, 0.29) is 18.5 Å². The SMILES string of the molecule is CN(C(=O)[C@H]1CCc2cc(CNS(C)(=O)=O)ccc2O1)[C@H](CN1CCCC1)c1ccccc1. The third kappa shape index (κ3) is 6.13. The average Bonchev–Trinajstić information content (AvgIpc) is 3.33. The second-order valence-corrected chi connectivity index (χ2v) is 10.9. The molecule has 0 bridgehead atoms. The highest BCUT2D eigenvalue weighted by molar-refractivity contribution is 7.88. The molecule has 8 heteroatoms. The van der Waals surface area contributed by atoms with Crippen molar-refractivity contribution in [3.63, 3.8) is 0 Å². The highest BCUT2D eigenvalue weighted by Crippen LogP contribution is 2.31. The molecule has 0 saturated carbocycles. The monoisotopic (exact) mass is 471 g/mol. The molecule has 4 rings (SSSR count). The fraction of sp³-hybridized carbons (Fsp3) is 0.480. The van der Waals surface area contributed by atoms with Crippen LogP contribution in [0.1, 0.15) is 42.0 Å². The topological polar surface area (TPSA) is 79.0 Å². The maximum atomic E-state index is 13.5. The van der Waals surface area contributed by atoms with Gasteiger partial charge in [-0.15, -0.1) is 0 Å². The van der Waals surface area contributed by atoms with Crippen LogP contribution in [0.3, 0.4) is 0 Å². The summed E-state index contributed by atoms with van der Waals surface area (Å²) in [6.45, 7) is 3.23. The molecule has 2 aromatic rings. The third-order valence-corrected chi connectivity index (χ3v) is 7.18. The quantitative estimate of drug-likeness (QED) is 0.641. The lowest BCUT2D eigenvalue weighted by Gasteiger charge is -2.35. The van der Waals surface area contributed by atoms with Crippen LogP contribution < -0.4 is 9.46 Å². The number of sulfonamides is 1. The number of rotatable bonds is 8. The fourth-order valence-electron chi connectivity index (χ4n) is 4.66. The minimum atomic E-state index is -3.25. The molecule has 2 heterocycles. The minimum Gasteiger partial charge on any atom is -0.480 e. The van der Waals surface area contributed by atoms with Gasteiger partial charge in [0.15, 0.2) is 6.10 Å². The van der Waals surface area contributed by atoms with Gasteiger partial charge in [-0.05, 0) is 61.5 Å². The molecule has 2 atom stereocenters. The maximum absolute atomic E-state index is 13.5. The van der Waals surface area contributed by atoms with Crippen LogP contribution in [0.4, 0.5) is 0 Å². The molecule has 0 unspecified atom stereocenters. The number of likely N-dealkylation sites (N-methyl/N-ethyl adjacent to an activating group) is 1. The van der Waals surface area contributed by atoms with Gasteiger partial charge in [-0.25, -0.2) is 13.1 Å². The summed E-state index contributed by atoms with van der Waals surface area (Å²) in [4.78, 5) is 17.8. The lowest BCUT2D eigenvalue weighted by Crippen LogP contribution is -2.46. The average molecular weight is 472 g/mol. The van der Waals surface area contributed by atoms with Gasteiger partial charge in [0, 0.05) is 20.1 Å². The minimum absolute atomic E-state index is 0.00322. The Kier molecular flexibility index (Phi) is 7.36. The Morgan fingerprint density at radius 1 is 1.18 bits per heavy atom. The standard InChI is InChI=1S/C25H33N3O4S/c1-27(22(18-28-14-6-7-15-28)20-8-4-3-5-9-20)25(29)24-13-11-21-16-19(10-12-23(21)32-24)17-26-33(2,30)31/h3-5,8-10,12,16,22,24,26H,6-7,11,13-15,17-18H2,1-2H3/t22-,24-/m1/s1. The highest BCUT2D eigenvalue weighted by atomic mass is 32.2. The lowest BCUT2D eigenvalue weighted by atomic mass is 9.98. The molecule has 2 aliphatic rings. The van der Waals surface area contributed by atoms with E-state index in [1.807, 2.05) is 48.3 Å². The number of nitrogens with one attached hydrogen (secondary N) is 1. The van der Waals surface area contributed by atoms with Crippen molar-refractivity contribution in [3.8, 4) is 5.75 Å². The molecule has 0 radical (unpaired) electrons. The molecule has 1 amide bonds. The number of fused-ring (bicyclic) bond motifs is 1. The molecule has 1 fully saturated rings. The zero-order valence-electron chi connectivity index (χ0n) is 19.4. The van der Waals surface area contributed by atoms with Crippen molar-refractivity contribution < 1.29 is 17.9 Å². The van der Waals surface area contributed by atoms with Crippen molar-refractivity contribution >= 4 is 15.9 Å². The Hall–Kier alpha value is -2.42. The molecule has 1 saturated heterocycles. The number of amides is 1. The number of benzene rings is 2. The van der Waals surface area contributed by atoms with Crippen LogP contribution in [-0.2, 0) is 27.8 Å². The van der Waals surface area contributed by atoms with Crippen LogP contribution >= 0.6 is 0 Å². The van der Waals surface area contributed by atoms with E-state index in [0.29, 0.717) is 18.6 Å². The summed E-state index contributed by atoms with van der Waals surface area (Å²) >= 11 is 0. The van der Waals surface area contributed by atoms with Crippen molar-refractivity contribution in [2.75, 3.05) is 32.9 Å². The van der Waals surface area contributed by atoms with Gasteiger partial charge in [-0.1, -0.05) is 42.5 Å². The fourth-order valence-corrected chi connectivity index (χ4v) is 5.09. The van der Waals surface area contributed by atoms with Gasteiger partial charge >= 0.3 is 0 Å². The molecule has 178 valence electrons. The van der Waals surface area contributed by atoms with Gasteiger partial charge in [0.2, 0.25) is 10.0 Å². The number of hydrogen-bond donors (Lipinski definition) is 1. The molecule has 1 N–H and O–H groups in total. The number of aryl methyl sites for hydroxylation is 1. The van der Waals surface area contributed by atoms with Crippen molar-refractivity contribution in [3.05, 3.63) is 65.2 Å². The second kappa shape index (κ2) is 10.2. The van der Waals surface area contributed by atoms with Crippen LogP contribution in [0.25, 0.3) is 0 Å². The molecule has 33 heavy (non-hydrogen) atoms. The number of carbonyl (C=O) groups is 1.